The molecule has 9 heteroatoms. The Labute approximate surface area is 166 Å². The van der Waals surface area contributed by atoms with Crippen molar-refractivity contribution in [3.63, 3.8) is 0 Å². The summed E-state index contributed by atoms with van der Waals surface area (Å²) >= 11 is 0. The van der Waals surface area contributed by atoms with Gasteiger partial charge in [-0.15, -0.1) is 0 Å². The van der Waals surface area contributed by atoms with E-state index in [4.69, 9.17) is 5.14 Å². The first-order valence-corrected chi connectivity index (χ1v) is 10.6. The monoisotopic (exact) mass is 407 g/mol. The second-order valence-corrected chi connectivity index (χ2v) is 9.13. The first kappa shape index (κ1) is 21.9. The normalized spacial score (nSPS) is 11.7. The number of nitrogens with two attached hydrogens (primary N) is 1. The zero-order valence-electron chi connectivity index (χ0n) is 17.3. The molecule has 1 heterocycles. The molecule has 28 heavy (non-hydrogen) atoms. The summed E-state index contributed by atoms with van der Waals surface area (Å²) in [5.41, 5.74) is 3.75. The van der Waals surface area contributed by atoms with Gasteiger partial charge in [0.25, 0.3) is 0 Å². The third-order valence-electron chi connectivity index (χ3n) is 4.46. The molecule has 0 saturated heterocycles. The summed E-state index contributed by atoms with van der Waals surface area (Å²) in [5, 5.41) is 12.6. The minimum Gasteiger partial charge on any atom is -0.376 e. The van der Waals surface area contributed by atoms with Gasteiger partial charge in [-0.2, -0.15) is 5.10 Å². The Morgan fingerprint density at radius 3 is 2.46 bits per heavy atom. The summed E-state index contributed by atoms with van der Waals surface area (Å²) in [5.74, 6) is 0.202. The Kier molecular flexibility index (Phi) is 6.51. The maximum absolute atomic E-state index is 12.7. The molecule has 0 atom stereocenters. The van der Waals surface area contributed by atoms with E-state index in [1.165, 1.54) is 12.1 Å². The predicted molar refractivity (Wildman–Crippen MR) is 111 cm³/mol. The number of sulfonamides is 1. The number of rotatable bonds is 7. The molecule has 0 radical (unpaired) electrons. The van der Waals surface area contributed by atoms with Crippen LogP contribution in [-0.2, 0) is 27.8 Å². The third kappa shape index (κ3) is 5.11. The number of carbonyl (C=O) groups is 1. The molecule has 0 aliphatic heterocycles. The molecule has 8 nitrogen and oxygen atoms in total. The molecule has 0 spiro atoms. The zero-order chi connectivity index (χ0) is 21.2. The summed E-state index contributed by atoms with van der Waals surface area (Å²) in [6, 6.07) is 4.42. The number of benzene rings is 1. The van der Waals surface area contributed by atoms with Crippen LogP contribution in [-0.4, -0.2) is 38.2 Å². The van der Waals surface area contributed by atoms with E-state index in [1.54, 1.807) is 11.0 Å². The summed E-state index contributed by atoms with van der Waals surface area (Å²) in [6.45, 7) is 8.86. The van der Waals surface area contributed by atoms with Crippen molar-refractivity contribution in [2.45, 2.75) is 45.6 Å². The number of hydrogen-bond donors (Lipinski definition) is 2. The van der Waals surface area contributed by atoms with Crippen LogP contribution < -0.4 is 15.4 Å². The highest BCUT2D eigenvalue weighted by atomic mass is 32.2. The first-order chi connectivity index (χ1) is 12.9. The van der Waals surface area contributed by atoms with Crippen LogP contribution in [0.15, 0.2) is 23.1 Å². The maximum Gasteiger partial charge on any atom is 0.238 e. The lowest BCUT2D eigenvalue weighted by Gasteiger charge is -2.19. The molecule has 0 bridgehead atoms. The average molecular weight is 408 g/mol. The molecule has 0 unspecified atom stereocenters. The van der Waals surface area contributed by atoms with Crippen LogP contribution >= 0.6 is 0 Å². The maximum atomic E-state index is 12.7. The average Bonchev–Trinajstić information content (AvgIpc) is 2.80. The van der Waals surface area contributed by atoms with E-state index in [-0.39, 0.29) is 17.2 Å². The van der Waals surface area contributed by atoms with E-state index < -0.39 is 10.0 Å². The molecule has 0 aliphatic rings. The summed E-state index contributed by atoms with van der Waals surface area (Å²) in [6.07, 6.45) is 0.155. The summed E-state index contributed by atoms with van der Waals surface area (Å²) < 4.78 is 25.3. The molecule has 154 valence electrons. The number of anilines is 2. The quantitative estimate of drug-likeness (QED) is 0.730. The highest BCUT2D eigenvalue weighted by Crippen LogP contribution is 2.27. The zero-order valence-corrected chi connectivity index (χ0v) is 18.1. The van der Waals surface area contributed by atoms with Crippen LogP contribution in [0.1, 0.15) is 30.8 Å². The van der Waals surface area contributed by atoms with Crippen molar-refractivity contribution in [3.05, 3.63) is 35.2 Å². The molecule has 0 aliphatic carbocycles. The topological polar surface area (TPSA) is 110 Å². The van der Waals surface area contributed by atoms with Crippen LogP contribution in [0.2, 0.25) is 0 Å². The molecule has 0 saturated carbocycles. The number of primary sulfonamides is 1. The molecule has 1 aromatic carbocycles. The van der Waals surface area contributed by atoms with Crippen LogP contribution in [0.4, 0.5) is 11.4 Å². The van der Waals surface area contributed by atoms with Crippen molar-refractivity contribution in [1.82, 2.24) is 9.78 Å². The van der Waals surface area contributed by atoms with Gasteiger partial charge in [0.05, 0.1) is 28.4 Å². The van der Waals surface area contributed by atoms with Gasteiger partial charge in [-0.1, -0.05) is 13.8 Å². The van der Waals surface area contributed by atoms with Crippen molar-refractivity contribution in [2.24, 2.45) is 11.1 Å². The second-order valence-electron chi connectivity index (χ2n) is 7.57. The second kappa shape index (κ2) is 8.32. The van der Waals surface area contributed by atoms with Crippen molar-refractivity contribution >= 4 is 27.3 Å². The molecule has 3 N–H and O–H groups in total. The molecular weight excluding hydrogens is 378 g/mol. The fourth-order valence-corrected chi connectivity index (χ4v) is 3.59. The minimum absolute atomic E-state index is 0.0504. The number of aromatic nitrogens is 2. The van der Waals surface area contributed by atoms with Gasteiger partial charge < -0.3 is 10.2 Å². The van der Waals surface area contributed by atoms with Gasteiger partial charge in [-0.05, 0) is 38.0 Å². The largest absolute Gasteiger partial charge is 0.376 e. The van der Waals surface area contributed by atoms with Crippen LogP contribution in [0.25, 0.3) is 0 Å². The molecule has 1 aromatic heterocycles. The Hall–Kier alpha value is -2.39. The van der Waals surface area contributed by atoms with Gasteiger partial charge >= 0.3 is 0 Å². The van der Waals surface area contributed by atoms with Crippen molar-refractivity contribution in [2.75, 3.05) is 24.3 Å². The smallest absolute Gasteiger partial charge is 0.238 e. The van der Waals surface area contributed by atoms with Crippen molar-refractivity contribution in [1.29, 1.82) is 0 Å². The number of nitrogens with one attached hydrogen (secondary N) is 1. The third-order valence-corrected chi connectivity index (χ3v) is 5.37. The molecular formula is C19H29N5O3S. The molecule has 2 aromatic rings. The van der Waals surface area contributed by atoms with Crippen LogP contribution in [0, 0.1) is 19.8 Å². The van der Waals surface area contributed by atoms with Crippen molar-refractivity contribution in [3.8, 4) is 0 Å². The Morgan fingerprint density at radius 2 is 1.93 bits per heavy atom. The molecule has 1 amide bonds. The first-order valence-electron chi connectivity index (χ1n) is 9.07. The van der Waals surface area contributed by atoms with E-state index in [9.17, 15) is 13.2 Å². The van der Waals surface area contributed by atoms with Gasteiger partial charge in [-0.3, -0.25) is 9.48 Å². The van der Waals surface area contributed by atoms with E-state index in [2.05, 4.69) is 24.3 Å². The van der Waals surface area contributed by atoms with E-state index in [0.717, 1.165) is 23.5 Å². The number of carbonyl (C=O) groups excluding carboxylic acids is 1. The summed E-state index contributed by atoms with van der Waals surface area (Å²) in [4.78, 5) is 14.4. The van der Waals surface area contributed by atoms with Crippen molar-refractivity contribution < 1.29 is 13.2 Å². The lowest BCUT2D eigenvalue weighted by atomic mass is 10.1. The van der Waals surface area contributed by atoms with Gasteiger partial charge in [0, 0.05) is 31.9 Å². The van der Waals surface area contributed by atoms with E-state index in [1.807, 2.05) is 32.6 Å². The number of hydrogen-bond acceptors (Lipinski definition) is 5. The SMILES string of the molecule is Cc1nn(CC(C)C)c(C)c1CC(=O)Nc1cc(S(N)(=O)=O)ccc1N(C)C. The highest BCUT2D eigenvalue weighted by Gasteiger charge is 2.18. The number of nitrogens with zero attached hydrogens (tertiary/aromatic N) is 3. The highest BCUT2D eigenvalue weighted by molar-refractivity contribution is 7.89. The Bertz CT molecular complexity index is 978. The number of amides is 1. The van der Waals surface area contributed by atoms with Crippen LogP contribution in [0.3, 0.4) is 0 Å². The molecule has 0 fully saturated rings. The fraction of sp³-hybridized carbons (Fsp3) is 0.474. The van der Waals surface area contributed by atoms with Crippen LogP contribution in [0.5, 0.6) is 0 Å². The fourth-order valence-electron chi connectivity index (χ4n) is 3.05. The summed E-state index contributed by atoms with van der Waals surface area (Å²) in [7, 11) is -0.245. The molecule has 2 rings (SSSR count). The van der Waals surface area contributed by atoms with Gasteiger partial charge in [0.1, 0.15) is 0 Å². The van der Waals surface area contributed by atoms with E-state index >= 15 is 0 Å². The minimum atomic E-state index is -3.87. The van der Waals surface area contributed by atoms with E-state index in [0.29, 0.717) is 17.3 Å². The number of aryl methyl sites for hydroxylation is 1. The Balaban J connectivity index is 2.29. The lowest BCUT2D eigenvalue weighted by Crippen LogP contribution is -2.20. The lowest BCUT2D eigenvalue weighted by molar-refractivity contribution is -0.115. The van der Waals surface area contributed by atoms with Gasteiger partial charge in [0.2, 0.25) is 15.9 Å². The Morgan fingerprint density at radius 1 is 1.29 bits per heavy atom. The predicted octanol–water partition coefficient (Wildman–Crippen LogP) is 2.05. The standard InChI is InChI=1S/C19H29N5O3S/c1-12(2)11-24-14(4)16(13(3)22-24)10-19(25)21-17-9-15(28(20,26)27)7-8-18(17)23(5)6/h7-9,12H,10-11H2,1-6H3,(H,21,25)(H2,20,26,27). The van der Waals surface area contributed by atoms with Gasteiger partial charge in [0.15, 0.2) is 0 Å². The van der Waals surface area contributed by atoms with Gasteiger partial charge in [-0.25, -0.2) is 13.6 Å².